The summed E-state index contributed by atoms with van der Waals surface area (Å²) in [6, 6.07) is 3.20. The predicted molar refractivity (Wildman–Crippen MR) is 86.4 cm³/mol. The van der Waals surface area contributed by atoms with Crippen LogP contribution in [0.2, 0.25) is 0 Å². The fraction of sp³-hybridized carbons (Fsp3) is 0.600. The van der Waals surface area contributed by atoms with Crippen molar-refractivity contribution in [1.29, 1.82) is 0 Å². The maximum absolute atomic E-state index is 12.1. The van der Waals surface area contributed by atoms with Crippen LogP contribution < -0.4 is 10.0 Å². The molecule has 0 spiro atoms. The first-order valence-corrected chi connectivity index (χ1v) is 9.07. The molecule has 1 aliphatic rings. The Kier molecular flexibility index (Phi) is 4.95. The number of piperidine rings is 1. The molecule has 2 rings (SSSR count). The van der Waals surface area contributed by atoms with Crippen LogP contribution in [0, 0.1) is 5.92 Å². The highest BCUT2D eigenvalue weighted by molar-refractivity contribution is 7.89. The van der Waals surface area contributed by atoms with E-state index in [1.807, 2.05) is 25.7 Å². The van der Waals surface area contributed by atoms with Crippen LogP contribution in [0.4, 0.5) is 5.69 Å². The van der Waals surface area contributed by atoms with Gasteiger partial charge in [-0.05, 0) is 39.7 Å². The number of primary sulfonamides is 1. The zero-order valence-electron chi connectivity index (χ0n) is 13.7. The molecule has 1 aromatic rings. The van der Waals surface area contributed by atoms with Gasteiger partial charge in [0.2, 0.25) is 0 Å². The smallest absolute Gasteiger partial charge is 0.309 e. The quantitative estimate of drug-likeness (QED) is 0.831. The Bertz CT molecular complexity index is 674. The molecule has 0 aromatic carbocycles. The van der Waals surface area contributed by atoms with Crippen LogP contribution in [0.5, 0.6) is 0 Å². The summed E-state index contributed by atoms with van der Waals surface area (Å²) in [7, 11) is -3.82. The molecule has 1 aromatic heterocycles. The molecule has 0 radical (unpaired) electrons. The van der Waals surface area contributed by atoms with Crippen LogP contribution in [-0.4, -0.2) is 38.1 Å². The maximum Gasteiger partial charge on any atom is 0.309 e. The van der Waals surface area contributed by atoms with Crippen LogP contribution in [-0.2, 0) is 19.6 Å². The van der Waals surface area contributed by atoms with Gasteiger partial charge in [-0.25, -0.2) is 18.5 Å². The Hall–Kier alpha value is -1.67. The number of hydrogen-bond donors (Lipinski definition) is 1. The van der Waals surface area contributed by atoms with Crippen LogP contribution in [0.15, 0.2) is 23.4 Å². The highest BCUT2D eigenvalue weighted by Gasteiger charge is 2.29. The van der Waals surface area contributed by atoms with Crippen LogP contribution >= 0.6 is 0 Å². The molecule has 2 N–H and O–H groups in total. The second-order valence-corrected chi connectivity index (χ2v) is 8.20. The summed E-state index contributed by atoms with van der Waals surface area (Å²) in [4.78, 5) is 17.9. The monoisotopic (exact) mass is 341 g/mol. The van der Waals surface area contributed by atoms with Gasteiger partial charge in [-0.1, -0.05) is 0 Å². The number of aromatic nitrogens is 1. The maximum atomic E-state index is 12.1. The molecule has 8 heteroatoms. The summed E-state index contributed by atoms with van der Waals surface area (Å²) in [5, 5.41) is 4.96. The largest absolute Gasteiger partial charge is 0.460 e. The Labute approximate surface area is 136 Å². The Morgan fingerprint density at radius 3 is 2.48 bits per heavy atom. The number of anilines is 1. The second kappa shape index (κ2) is 6.45. The number of nitrogens with two attached hydrogens (primary N) is 1. The molecule has 1 saturated heterocycles. The highest BCUT2D eigenvalue weighted by atomic mass is 32.2. The lowest BCUT2D eigenvalue weighted by Crippen LogP contribution is -2.39. The first-order chi connectivity index (χ1) is 10.6. The number of esters is 1. The van der Waals surface area contributed by atoms with Gasteiger partial charge >= 0.3 is 5.97 Å². The predicted octanol–water partition coefficient (Wildman–Crippen LogP) is 1.29. The number of pyridine rings is 1. The standard InChI is InChI=1S/C15H23N3O4S/c1-15(2,3)22-14(19)11-5-8-18(9-6-11)12-4-7-17-13(10-12)23(16,20)21/h4,7,10-11H,5-6,8-9H2,1-3H3,(H2,16,20,21). The van der Waals surface area contributed by atoms with E-state index in [4.69, 9.17) is 9.88 Å². The van der Waals surface area contributed by atoms with E-state index in [-0.39, 0.29) is 16.9 Å². The molecule has 23 heavy (non-hydrogen) atoms. The van der Waals surface area contributed by atoms with Crippen molar-refractivity contribution in [3.05, 3.63) is 18.3 Å². The lowest BCUT2D eigenvalue weighted by Gasteiger charge is -2.33. The third-order valence-electron chi connectivity index (χ3n) is 3.61. The van der Waals surface area contributed by atoms with Gasteiger partial charge in [-0.15, -0.1) is 0 Å². The summed E-state index contributed by atoms with van der Waals surface area (Å²) in [6.07, 6.45) is 2.76. The molecular formula is C15H23N3O4S. The number of ether oxygens (including phenoxy) is 1. The number of rotatable bonds is 3. The topological polar surface area (TPSA) is 103 Å². The number of hydrogen-bond acceptors (Lipinski definition) is 6. The number of nitrogens with zero attached hydrogens (tertiary/aromatic N) is 2. The van der Waals surface area contributed by atoms with E-state index in [1.165, 1.54) is 12.3 Å². The van der Waals surface area contributed by atoms with Crippen molar-refractivity contribution in [1.82, 2.24) is 4.98 Å². The zero-order valence-corrected chi connectivity index (χ0v) is 14.5. The van der Waals surface area contributed by atoms with Crippen molar-refractivity contribution in [2.45, 2.75) is 44.2 Å². The fourth-order valence-corrected chi connectivity index (χ4v) is 3.00. The summed E-state index contributed by atoms with van der Waals surface area (Å²) in [6.45, 7) is 6.86. The van der Waals surface area contributed by atoms with Gasteiger partial charge in [-0.3, -0.25) is 4.79 Å². The SMILES string of the molecule is CC(C)(C)OC(=O)C1CCN(c2ccnc(S(N)(=O)=O)c2)CC1. The minimum Gasteiger partial charge on any atom is -0.460 e. The van der Waals surface area contributed by atoms with Gasteiger partial charge in [0.1, 0.15) is 5.60 Å². The summed E-state index contributed by atoms with van der Waals surface area (Å²) in [5.41, 5.74) is 0.260. The van der Waals surface area contributed by atoms with Crippen molar-refractivity contribution in [2.24, 2.45) is 11.1 Å². The molecule has 1 aliphatic heterocycles. The molecule has 0 aliphatic carbocycles. The molecule has 128 valence electrons. The van der Waals surface area contributed by atoms with Gasteiger partial charge in [0.25, 0.3) is 10.0 Å². The zero-order chi connectivity index (χ0) is 17.3. The highest BCUT2D eigenvalue weighted by Crippen LogP contribution is 2.26. The minimum absolute atomic E-state index is 0.120. The number of sulfonamides is 1. The van der Waals surface area contributed by atoms with Crippen LogP contribution in [0.3, 0.4) is 0 Å². The average Bonchev–Trinajstić information content (AvgIpc) is 2.45. The van der Waals surface area contributed by atoms with Gasteiger partial charge in [0, 0.05) is 31.0 Å². The van der Waals surface area contributed by atoms with Crippen LogP contribution in [0.1, 0.15) is 33.6 Å². The molecule has 0 amide bonds. The Balaban J connectivity index is 2.01. The fourth-order valence-electron chi connectivity index (χ4n) is 2.51. The Morgan fingerprint density at radius 1 is 1.35 bits per heavy atom. The lowest BCUT2D eigenvalue weighted by molar-refractivity contribution is -0.160. The molecule has 2 heterocycles. The lowest BCUT2D eigenvalue weighted by atomic mass is 9.96. The molecular weight excluding hydrogens is 318 g/mol. The number of carbonyl (C=O) groups excluding carboxylic acids is 1. The van der Waals surface area contributed by atoms with E-state index >= 15 is 0 Å². The van der Waals surface area contributed by atoms with Crippen molar-refractivity contribution in [2.75, 3.05) is 18.0 Å². The van der Waals surface area contributed by atoms with E-state index in [9.17, 15) is 13.2 Å². The normalized spacial score (nSPS) is 17.1. The molecule has 0 unspecified atom stereocenters. The average molecular weight is 341 g/mol. The van der Waals surface area contributed by atoms with Gasteiger partial charge in [-0.2, -0.15) is 0 Å². The minimum atomic E-state index is -3.82. The van der Waals surface area contributed by atoms with Gasteiger partial charge in [0.05, 0.1) is 5.92 Å². The van der Waals surface area contributed by atoms with Crippen LogP contribution in [0.25, 0.3) is 0 Å². The Morgan fingerprint density at radius 2 is 1.96 bits per heavy atom. The van der Waals surface area contributed by atoms with Gasteiger partial charge in [0.15, 0.2) is 5.03 Å². The van der Waals surface area contributed by atoms with Crippen molar-refractivity contribution >= 4 is 21.7 Å². The molecule has 0 bridgehead atoms. The molecule has 0 saturated carbocycles. The summed E-state index contributed by atoms with van der Waals surface area (Å²) >= 11 is 0. The van der Waals surface area contributed by atoms with E-state index in [0.29, 0.717) is 25.9 Å². The summed E-state index contributed by atoms with van der Waals surface area (Å²) in [5.74, 6) is -0.290. The van der Waals surface area contributed by atoms with E-state index in [0.717, 1.165) is 5.69 Å². The first kappa shape index (κ1) is 17.7. The van der Waals surface area contributed by atoms with Crippen molar-refractivity contribution in [3.63, 3.8) is 0 Å². The first-order valence-electron chi connectivity index (χ1n) is 7.53. The van der Waals surface area contributed by atoms with Crippen molar-refractivity contribution < 1.29 is 17.9 Å². The number of carbonyl (C=O) groups is 1. The van der Waals surface area contributed by atoms with Crippen molar-refractivity contribution in [3.8, 4) is 0 Å². The summed E-state index contributed by atoms with van der Waals surface area (Å²) < 4.78 is 28.2. The second-order valence-electron chi connectivity index (χ2n) is 6.69. The molecule has 1 fully saturated rings. The molecule has 7 nitrogen and oxygen atoms in total. The molecule has 0 atom stereocenters. The third-order valence-corrected chi connectivity index (χ3v) is 4.42. The van der Waals surface area contributed by atoms with E-state index in [2.05, 4.69) is 4.98 Å². The van der Waals surface area contributed by atoms with E-state index < -0.39 is 15.6 Å². The third kappa shape index (κ3) is 4.90. The van der Waals surface area contributed by atoms with Gasteiger partial charge < -0.3 is 9.64 Å². The van der Waals surface area contributed by atoms with E-state index in [1.54, 1.807) is 6.07 Å².